The van der Waals surface area contributed by atoms with E-state index in [1.165, 1.54) is 4.31 Å². The summed E-state index contributed by atoms with van der Waals surface area (Å²) in [5.74, 6) is 0.697. The zero-order valence-corrected chi connectivity index (χ0v) is 17.6. The number of rotatable bonds is 6. The van der Waals surface area contributed by atoms with Crippen LogP contribution >= 0.6 is 0 Å². The highest BCUT2D eigenvalue weighted by atomic mass is 32.2. The molecular formula is C22H24N4O3S. The molecule has 3 aromatic rings. The fourth-order valence-electron chi connectivity index (χ4n) is 3.52. The summed E-state index contributed by atoms with van der Waals surface area (Å²) in [7, 11) is -3.45. The number of nitrogens with one attached hydrogen (secondary N) is 1. The summed E-state index contributed by atoms with van der Waals surface area (Å²) >= 11 is 0. The molecule has 0 aliphatic carbocycles. The summed E-state index contributed by atoms with van der Waals surface area (Å²) in [5, 5.41) is 2.82. The summed E-state index contributed by atoms with van der Waals surface area (Å²) in [5.41, 5.74) is 2.16. The first-order chi connectivity index (χ1) is 14.4. The molecule has 1 amide bonds. The highest BCUT2D eigenvalue weighted by molar-refractivity contribution is 7.89. The largest absolute Gasteiger partial charge is 0.331 e. The zero-order chi connectivity index (χ0) is 21.1. The lowest BCUT2D eigenvalue weighted by molar-refractivity contribution is 0.102. The van der Waals surface area contributed by atoms with Gasteiger partial charge in [-0.2, -0.15) is 4.31 Å². The van der Waals surface area contributed by atoms with Crippen molar-refractivity contribution in [3.63, 3.8) is 0 Å². The Labute approximate surface area is 176 Å². The van der Waals surface area contributed by atoms with E-state index in [2.05, 4.69) is 10.3 Å². The van der Waals surface area contributed by atoms with E-state index in [0.29, 0.717) is 30.9 Å². The molecule has 7 nitrogen and oxygen atoms in total. The number of amides is 1. The second kappa shape index (κ2) is 8.41. The fourth-order valence-corrected chi connectivity index (χ4v) is 5.04. The van der Waals surface area contributed by atoms with Crippen LogP contribution in [0, 0.1) is 6.92 Å². The van der Waals surface area contributed by atoms with Crippen molar-refractivity contribution in [1.82, 2.24) is 13.9 Å². The predicted molar refractivity (Wildman–Crippen MR) is 115 cm³/mol. The molecule has 1 aliphatic rings. The van der Waals surface area contributed by atoms with Gasteiger partial charge in [0.1, 0.15) is 5.82 Å². The van der Waals surface area contributed by atoms with E-state index in [-0.39, 0.29) is 10.8 Å². The molecule has 0 radical (unpaired) electrons. The Morgan fingerprint density at radius 3 is 2.30 bits per heavy atom. The van der Waals surface area contributed by atoms with Gasteiger partial charge in [0.25, 0.3) is 5.91 Å². The van der Waals surface area contributed by atoms with Crippen molar-refractivity contribution >= 4 is 21.6 Å². The van der Waals surface area contributed by atoms with Crippen molar-refractivity contribution in [3.8, 4) is 0 Å². The zero-order valence-electron chi connectivity index (χ0n) is 16.8. The van der Waals surface area contributed by atoms with Crippen LogP contribution < -0.4 is 5.32 Å². The molecule has 0 spiro atoms. The molecule has 30 heavy (non-hydrogen) atoms. The van der Waals surface area contributed by atoms with Crippen molar-refractivity contribution in [1.29, 1.82) is 0 Å². The van der Waals surface area contributed by atoms with Crippen LogP contribution in [-0.4, -0.2) is 41.3 Å². The lowest BCUT2D eigenvalue weighted by Gasteiger charge is -2.15. The maximum atomic E-state index is 12.6. The van der Waals surface area contributed by atoms with Gasteiger partial charge in [-0.15, -0.1) is 0 Å². The minimum atomic E-state index is -3.45. The van der Waals surface area contributed by atoms with Crippen LogP contribution in [0.3, 0.4) is 0 Å². The number of benzene rings is 2. The molecule has 156 valence electrons. The molecule has 2 aromatic carbocycles. The van der Waals surface area contributed by atoms with Crippen LogP contribution in [0.4, 0.5) is 5.69 Å². The minimum Gasteiger partial charge on any atom is -0.331 e. The second-order valence-corrected chi connectivity index (χ2v) is 9.33. The lowest BCUT2D eigenvalue weighted by atomic mass is 10.1. The van der Waals surface area contributed by atoms with Gasteiger partial charge in [-0.3, -0.25) is 4.79 Å². The molecule has 4 rings (SSSR count). The van der Waals surface area contributed by atoms with E-state index >= 15 is 0 Å². The first-order valence-corrected chi connectivity index (χ1v) is 11.4. The van der Waals surface area contributed by atoms with Crippen molar-refractivity contribution in [2.24, 2.45) is 0 Å². The Bertz CT molecular complexity index is 1130. The van der Waals surface area contributed by atoms with Crippen LogP contribution in [0.15, 0.2) is 65.8 Å². The maximum Gasteiger partial charge on any atom is 0.255 e. The number of nitrogens with zero attached hydrogens (tertiary/aromatic N) is 3. The monoisotopic (exact) mass is 424 g/mol. The Balaban J connectivity index is 1.40. The van der Waals surface area contributed by atoms with Crippen LogP contribution in [0.25, 0.3) is 0 Å². The summed E-state index contributed by atoms with van der Waals surface area (Å²) in [6, 6.07) is 13.7. The third-order valence-electron chi connectivity index (χ3n) is 5.31. The molecule has 1 N–H and O–H groups in total. The van der Waals surface area contributed by atoms with Gasteiger partial charge in [-0.05, 0) is 61.7 Å². The van der Waals surface area contributed by atoms with Crippen molar-refractivity contribution in [2.45, 2.75) is 31.2 Å². The number of imidazole rings is 1. The fraction of sp³-hybridized carbons (Fsp3) is 0.273. The molecule has 1 saturated heterocycles. The second-order valence-electron chi connectivity index (χ2n) is 7.39. The van der Waals surface area contributed by atoms with Crippen LogP contribution in [0.5, 0.6) is 0 Å². The van der Waals surface area contributed by atoms with Gasteiger partial charge in [0.2, 0.25) is 10.0 Å². The van der Waals surface area contributed by atoms with Gasteiger partial charge < -0.3 is 9.88 Å². The first kappa shape index (κ1) is 20.3. The molecule has 0 unspecified atom stereocenters. The van der Waals surface area contributed by atoms with Gasteiger partial charge in [0.15, 0.2) is 0 Å². The van der Waals surface area contributed by atoms with Crippen LogP contribution in [0.1, 0.15) is 34.6 Å². The number of aromatic nitrogens is 2. The number of sulfonamides is 1. The minimum absolute atomic E-state index is 0.240. The number of anilines is 1. The summed E-state index contributed by atoms with van der Waals surface area (Å²) in [6.07, 6.45) is 5.48. The molecule has 1 fully saturated rings. The standard InChI is InChI=1S/C22H24N4O3S/c1-17-23-12-15-25(17)16-18-4-6-19(7-5-18)22(27)24-20-8-10-21(11-9-20)30(28,29)26-13-2-3-14-26/h4-12,15H,2-3,13-14,16H2,1H3,(H,24,27). The van der Waals surface area contributed by atoms with Gasteiger partial charge in [-0.1, -0.05) is 12.1 Å². The van der Waals surface area contributed by atoms with E-state index in [4.69, 9.17) is 0 Å². The third kappa shape index (κ3) is 4.29. The number of carbonyl (C=O) groups is 1. The topological polar surface area (TPSA) is 84.3 Å². The van der Waals surface area contributed by atoms with E-state index in [1.807, 2.05) is 29.8 Å². The van der Waals surface area contributed by atoms with Gasteiger partial charge >= 0.3 is 0 Å². The van der Waals surface area contributed by atoms with E-state index in [9.17, 15) is 13.2 Å². The average Bonchev–Trinajstić information content (AvgIpc) is 3.42. The van der Waals surface area contributed by atoms with Gasteiger partial charge in [0, 0.05) is 43.3 Å². The number of carbonyl (C=O) groups excluding carboxylic acids is 1. The molecular weight excluding hydrogens is 400 g/mol. The Morgan fingerprint density at radius 2 is 1.70 bits per heavy atom. The van der Waals surface area contributed by atoms with E-state index < -0.39 is 10.0 Å². The smallest absolute Gasteiger partial charge is 0.255 e. The van der Waals surface area contributed by atoms with Gasteiger partial charge in [0.05, 0.1) is 4.90 Å². The Morgan fingerprint density at radius 1 is 1.03 bits per heavy atom. The molecule has 0 atom stereocenters. The Hall–Kier alpha value is -2.97. The molecule has 1 aromatic heterocycles. The summed E-state index contributed by atoms with van der Waals surface area (Å²) < 4.78 is 28.7. The van der Waals surface area contributed by atoms with Crippen LogP contribution in [0.2, 0.25) is 0 Å². The van der Waals surface area contributed by atoms with E-state index in [1.54, 1.807) is 42.6 Å². The van der Waals surface area contributed by atoms with Crippen molar-refractivity contribution < 1.29 is 13.2 Å². The third-order valence-corrected chi connectivity index (χ3v) is 7.22. The number of hydrogen-bond acceptors (Lipinski definition) is 4. The lowest BCUT2D eigenvalue weighted by Crippen LogP contribution is -2.27. The Kier molecular flexibility index (Phi) is 5.69. The number of hydrogen-bond donors (Lipinski definition) is 1. The summed E-state index contributed by atoms with van der Waals surface area (Å²) in [6.45, 7) is 3.78. The highest BCUT2D eigenvalue weighted by Gasteiger charge is 2.26. The average molecular weight is 425 g/mol. The van der Waals surface area contributed by atoms with Gasteiger partial charge in [-0.25, -0.2) is 13.4 Å². The normalized spacial score (nSPS) is 14.7. The molecule has 8 heteroatoms. The van der Waals surface area contributed by atoms with Crippen LogP contribution in [-0.2, 0) is 16.6 Å². The quantitative estimate of drug-likeness (QED) is 0.658. The maximum absolute atomic E-state index is 12.6. The predicted octanol–water partition coefficient (Wildman–Crippen LogP) is 3.28. The van der Waals surface area contributed by atoms with Crippen molar-refractivity contribution in [3.05, 3.63) is 77.9 Å². The number of aryl methyl sites for hydroxylation is 1. The molecule has 0 bridgehead atoms. The first-order valence-electron chi connectivity index (χ1n) is 9.92. The highest BCUT2D eigenvalue weighted by Crippen LogP contribution is 2.22. The SMILES string of the molecule is Cc1nccn1Cc1ccc(C(=O)Nc2ccc(S(=O)(=O)N3CCCC3)cc2)cc1. The molecule has 2 heterocycles. The summed E-state index contributed by atoms with van der Waals surface area (Å²) in [4.78, 5) is 17.0. The molecule has 1 aliphatic heterocycles. The van der Waals surface area contributed by atoms with E-state index in [0.717, 1.165) is 24.2 Å². The van der Waals surface area contributed by atoms with Crippen molar-refractivity contribution in [2.75, 3.05) is 18.4 Å². The molecule has 0 saturated carbocycles.